The van der Waals surface area contributed by atoms with Gasteiger partial charge >= 0.3 is 5.97 Å². The van der Waals surface area contributed by atoms with E-state index in [0.29, 0.717) is 55.9 Å². The first kappa shape index (κ1) is 16.3. The highest BCUT2D eigenvalue weighted by Crippen LogP contribution is 2.43. The molecule has 0 saturated carbocycles. The number of rotatable bonds is 2. The summed E-state index contributed by atoms with van der Waals surface area (Å²) in [5.74, 6) is -0.622. The Hall–Kier alpha value is -2.15. The number of likely N-dealkylation sites (tertiary alicyclic amines) is 1. The van der Waals surface area contributed by atoms with Gasteiger partial charge in [0.2, 0.25) is 0 Å². The molecular weight excluding hydrogens is 326 g/mol. The van der Waals surface area contributed by atoms with Gasteiger partial charge in [-0.2, -0.15) is 0 Å². The smallest absolute Gasteiger partial charge is 0.311 e. The van der Waals surface area contributed by atoms with Crippen molar-refractivity contribution in [2.75, 3.05) is 26.3 Å². The lowest BCUT2D eigenvalue weighted by Gasteiger charge is -2.33. The Morgan fingerprint density at radius 2 is 2.12 bits per heavy atom. The van der Waals surface area contributed by atoms with Gasteiger partial charge < -0.3 is 19.2 Å². The van der Waals surface area contributed by atoms with E-state index in [4.69, 9.17) is 9.15 Å². The zero-order chi connectivity index (χ0) is 17.8. The summed E-state index contributed by atoms with van der Waals surface area (Å²) in [5, 5.41) is 9.73. The molecule has 2 fully saturated rings. The largest absolute Gasteiger partial charge is 0.481 e. The Labute approximate surface area is 144 Å². The Kier molecular flexibility index (Phi) is 3.72. The molecule has 4 rings (SSSR count). The van der Waals surface area contributed by atoms with Gasteiger partial charge in [0.05, 0.1) is 17.6 Å². The van der Waals surface area contributed by atoms with Crippen LogP contribution in [0.2, 0.25) is 0 Å². The number of furan rings is 1. The summed E-state index contributed by atoms with van der Waals surface area (Å²) in [5.41, 5.74) is 0.187. The number of carboxylic acid groups (broad SMARTS) is 1. The molecule has 2 atom stereocenters. The number of carbonyl (C=O) groups is 3. The van der Waals surface area contributed by atoms with Crippen LogP contribution < -0.4 is 0 Å². The number of hydrogen-bond acceptors (Lipinski definition) is 5. The number of hydrogen-bond donors (Lipinski definition) is 1. The number of Topliss-reactive ketones (excluding diaryl/α,β-unsaturated/α-hetero) is 1. The molecule has 3 heterocycles. The number of fused-ring (bicyclic) bond motifs is 2. The zero-order valence-corrected chi connectivity index (χ0v) is 14.2. The van der Waals surface area contributed by atoms with Crippen molar-refractivity contribution in [2.24, 2.45) is 11.3 Å². The van der Waals surface area contributed by atoms with Crippen molar-refractivity contribution in [3.8, 4) is 0 Å². The monoisotopic (exact) mass is 347 g/mol. The lowest BCUT2D eigenvalue weighted by atomic mass is 9.74. The fourth-order valence-electron chi connectivity index (χ4n) is 4.45. The van der Waals surface area contributed by atoms with Crippen LogP contribution in [0.3, 0.4) is 0 Å². The van der Waals surface area contributed by atoms with Gasteiger partial charge in [0, 0.05) is 44.0 Å². The number of ketones is 1. The summed E-state index contributed by atoms with van der Waals surface area (Å²) in [6, 6.07) is 0. The molecule has 2 saturated heterocycles. The Morgan fingerprint density at radius 1 is 1.32 bits per heavy atom. The predicted octanol–water partition coefficient (Wildman–Crippen LogP) is 1.67. The normalized spacial score (nSPS) is 28.6. The quantitative estimate of drug-likeness (QED) is 0.874. The molecule has 0 spiro atoms. The van der Waals surface area contributed by atoms with Gasteiger partial charge in [-0.25, -0.2) is 0 Å². The van der Waals surface area contributed by atoms with Gasteiger partial charge in [-0.3, -0.25) is 14.4 Å². The lowest BCUT2D eigenvalue weighted by Crippen LogP contribution is -2.45. The van der Waals surface area contributed by atoms with Gasteiger partial charge in [0.25, 0.3) is 5.91 Å². The van der Waals surface area contributed by atoms with Gasteiger partial charge in [-0.05, 0) is 19.8 Å². The second-order valence-corrected chi connectivity index (χ2v) is 7.30. The maximum absolute atomic E-state index is 13.0. The number of aliphatic carboxylic acids is 1. The van der Waals surface area contributed by atoms with E-state index in [9.17, 15) is 19.5 Å². The minimum absolute atomic E-state index is 0.0204. The maximum Gasteiger partial charge on any atom is 0.311 e. The molecule has 1 aliphatic carbocycles. The molecule has 1 amide bonds. The van der Waals surface area contributed by atoms with E-state index in [0.717, 1.165) is 6.42 Å². The molecule has 1 aromatic heterocycles. The van der Waals surface area contributed by atoms with Crippen molar-refractivity contribution >= 4 is 17.7 Å². The van der Waals surface area contributed by atoms with Crippen LogP contribution in [0.5, 0.6) is 0 Å². The number of aryl methyl sites for hydroxylation is 1. The van der Waals surface area contributed by atoms with Crippen molar-refractivity contribution in [2.45, 2.75) is 32.6 Å². The fraction of sp³-hybridized carbons (Fsp3) is 0.611. The second kappa shape index (κ2) is 5.69. The van der Waals surface area contributed by atoms with E-state index in [1.807, 2.05) is 0 Å². The first-order valence-corrected chi connectivity index (χ1v) is 8.70. The van der Waals surface area contributed by atoms with E-state index in [1.165, 1.54) is 0 Å². The van der Waals surface area contributed by atoms with Gasteiger partial charge in [-0.15, -0.1) is 0 Å². The summed E-state index contributed by atoms with van der Waals surface area (Å²) >= 11 is 0. The Bertz CT molecular complexity index is 766. The maximum atomic E-state index is 13.0. The molecule has 25 heavy (non-hydrogen) atoms. The fourth-order valence-corrected chi connectivity index (χ4v) is 4.45. The predicted molar refractivity (Wildman–Crippen MR) is 85.6 cm³/mol. The van der Waals surface area contributed by atoms with Crippen molar-refractivity contribution in [1.29, 1.82) is 0 Å². The average Bonchev–Trinajstić information content (AvgIpc) is 3.14. The molecule has 0 unspecified atom stereocenters. The highest BCUT2D eigenvalue weighted by Gasteiger charge is 2.55. The number of amides is 1. The standard InChI is InChI=1S/C18H21NO6/c1-10-14-12(20)3-2-4-13(14)25-15(10)16(21)19-7-11-8-24-6-5-18(11,9-19)17(22)23/h11H,2-9H2,1H3,(H,22,23)/t11-,18+/m0/s1. The van der Waals surface area contributed by atoms with Crippen LogP contribution in [0.1, 0.15) is 51.5 Å². The van der Waals surface area contributed by atoms with Crippen LogP contribution in [0, 0.1) is 18.3 Å². The molecule has 0 radical (unpaired) electrons. The number of carboxylic acids is 1. The minimum atomic E-state index is -0.941. The number of nitrogens with zero attached hydrogens (tertiary/aromatic N) is 1. The topological polar surface area (TPSA) is 97.1 Å². The Balaban J connectivity index is 1.64. The molecule has 7 nitrogen and oxygen atoms in total. The lowest BCUT2D eigenvalue weighted by molar-refractivity contribution is -0.157. The Morgan fingerprint density at radius 3 is 2.80 bits per heavy atom. The molecule has 0 bridgehead atoms. The molecule has 0 aromatic carbocycles. The van der Waals surface area contributed by atoms with Gasteiger partial charge in [0.1, 0.15) is 5.76 Å². The molecular formula is C18H21NO6. The molecule has 3 aliphatic rings. The van der Waals surface area contributed by atoms with Crippen molar-refractivity contribution in [3.63, 3.8) is 0 Å². The summed E-state index contributed by atoms with van der Waals surface area (Å²) in [6.07, 6.45) is 2.28. The molecule has 7 heteroatoms. The van der Waals surface area contributed by atoms with Crippen molar-refractivity contribution < 1.29 is 28.6 Å². The summed E-state index contributed by atoms with van der Waals surface area (Å²) in [4.78, 5) is 38.5. The van der Waals surface area contributed by atoms with Crippen molar-refractivity contribution in [3.05, 3.63) is 22.6 Å². The van der Waals surface area contributed by atoms with Crippen molar-refractivity contribution in [1.82, 2.24) is 4.90 Å². The summed E-state index contributed by atoms with van der Waals surface area (Å²) in [7, 11) is 0. The molecule has 1 aromatic rings. The second-order valence-electron chi connectivity index (χ2n) is 7.30. The van der Waals surface area contributed by atoms with Crippen LogP contribution in [0.15, 0.2) is 4.42 Å². The third-order valence-electron chi connectivity index (χ3n) is 5.92. The third kappa shape index (κ3) is 2.33. The summed E-state index contributed by atoms with van der Waals surface area (Å²) < 4.78 is 11.2. The van der Waals surface area contributed by atoms with Crippen LogP contribution in [0.4, 0.5) is 0 Å². The zero-order valence-electron chi connectivity index (χ0n) is 14.2. The van der Waals surface area contributed by atoms with E-state index in [1.54, 1.807) is 11.8 Å². The van der Waals surface area contributed by atoms with Crippen LogP contribution in [-0.2, 0) is 16.0 Å². The molecule has 2 aliphatic heterocycles. The van der Waals surface area contributed by atoms with E-state index < -0.39 is 11.4 Å². The SMILES string of the molecule is Cc1c(C(=O)N2C[C@H]3COCC[C@@]3(C(=O)O)C2)oc2c1C(=O)CCC2. The summed E-state index contributed by atoms with van der Waals surface area (Å²) in [6.45, 7) is 2.98. The van der Waals surface area contributed by atoms with Gasteiger partial charge in [0.15, 0.2) is 11.5 Å². The number of carbonyl (C=O) groups excluding carboxylic acids is 2. The van der Waals surface area contributed by atoms with Crippen LogP contribution >= 0.6 is 0 Å². The van der Waals surface area contributed by atoms with Crippen LogP contribution in [-0.4, -0.2) is 54.0 Å². The first-order valence-electron chi connectivity index (χ1n) is 8.70. The first-order chi connectivity index (χ1) is 11.9. The van der Waals surface area contributed by atoms with E-state index in [-0.39, 0.29) is 29.9 Å². The van der Waals surface area contributed by atoms with Crippen LogP contribution in [0.25, 0.3) is 0 Å². The molecule has 1 N–H and O–H groups in total. The van der Waals surface area contributed by atoms with Gasteiger partial charge in [-0.1, -0.05) is 0 Å². The number of ether oxygens (including phenoxy) is 1. The molecule has 134 valence electrons. The highest BCUT2D eigenvalue weighted by atomic mass is 16.5. The minimum Gasteiger partial charge on any atom is -0.481 e. The highest BCUT2D eigenvalue weighted by molar-refractivity contribution is 6.03. The van der Waals surface area contributed by atoms with E-state index in [2.05, 4.69) is 0 Å². The average molecular weight is 347 g/mol. The van der Waals surface area contributed by atoms with E-state index >= 15 is 0 Å². The third-order valence-corrected chi connectivity index (χ3v) is 5.92.